The smallest absolute Gasteiger partial charge is 0.0863 e. The van der Waals surface area contributed by atoms with Crippen LogP contribution in [0.25, 0.3) is 0 Å². The van der Waals surface area contributed by atoms with Gasteiger partial charge in [-0.15, -0.1) is 0 Å². The highest BCUT2D eigenvalue weighted by molar-refractivity contribution is 6.36. The largest absolute Gasteiger partial charge is 0.370 e. The molecule has 0 N–H and O–H groups in total. The summed E-state index contributed by atoms with van der Waals surface area (Å²) in [6, 6.07) is 13.7. The van der Waals surface area contributed by atoms with Crippen LogP contribution in [0, 0.1) is 0 Å². The van der Waals surface area contributed by atoms with Crippen LogP contribution in [-0.2, 0) is 0 Å². The zero-order valence-electron chi connectivity index (χ0n) is 12.3. The molecule has 4 heteroatoms. The molecule has 2 nitrogen and oxygen atoms in total. The molecule has 1 saturated heterocycles. The number of anilines is 1. The Morgan fingerprint density at radius 3 is 2.50 bits per heavy atom. The van der Waals surface area contributed by atoms with E-state index in [1.54, 1.807) is 12.3 Å². The van der Waals surface area contributed by atoms with Crippen LogP contribution in [-0.4, -0.2) is 19.3 Å². The molecule has 1 fully saturated rings. The lowest BCUT2D eigenvalue weighted by molar-refractivity contribution is 0.578. The third-order valence-electron chi connectivity index (χ3n) is 3.88. The van der Waals surface area contributed by atoms with E-state index in [0.717, 1.165) is 24.3 Å². The zero-order valence-corrected chi connectivity index (χ0v) is 13.8. The summed E-state index contributed by atoms with van der Waals surface area (Å²) >= 11 is 12.1. The van der Waals surface area contributed by atoms with Gasteiger partial charge in [-0.1, -0.05) is 41.4 Å². The summed E-state index contributed by atoms with van der Waals surface area (Å²) in [6.45, 7) is 2.21. The van der Waals surface area contributed by atoms with Crippen LogP contribution in [0.15, 0.2) is 47.5 Å². The van der Waals surface area contributed by atoms with Crippen LogP contribution in [0.3, 0.4) is 0 Å². The number of aliphatic imine (C=N–C) groups is 1. The van der Waals surface area contributed by atoms with Crippen LogP contribution in [0.1, 0.15) is 24.8 Å². The number of nitrogens with zero attached hydrogens (tertiary/aromatic N) is 2. The minimum atomic E-state index is 0.617. The Kier molecular flexibility index (Phi) is 5.01. The number of hydrogen-bond acceptors (Lipinski definition) is 2. The first-order valence-corrected chi connectivity index (χ1v) is 8.33. The van der Waals surface area contributed by atoms with Crippen LogP contribution < -0.4 is 4.90 Å². The highest BCUT2D eigenvalue weighted by Gasteiger charge is 2.13. The molecule has 2 aromatic rings. The molecular weight excluding hydrogens is 315 g/mol. The minimum absolute atomic E-state index is 0.617. The van der Waals surface area contributed by atoms with Gasteiger partial charge in [0, 0.05) is 29.9 Å². The van der Waals surface area contributed by atoms with E-state index in [-0.39, 0.29) is 0 Å². The third kappa shape index (κ3) is 3.63. The molecule has 0 unspecified atom stereocenters. The van der Waals surface area contributed by atoms with Gasteiger partial charge in [0.2, 0.25) is 0 Å². The topological polar surface area (TPSA) is 15.6 Å². The molecule has 2 aromatic carbocycles. The Bertz CT molecular complexity index is 677. The number of piperidine rings is 1. The van der Waals surface area contributed by atoms with E-state index in [4.69, 9.17) is 23.2 Å². The van der Waals surface area contributed by atoms with E-state index in [0.29, 0.717) is 10.0 Å². The fraction of sp³-hybridized carbons (Fsp3) is 0.278. The van der Waals surface area contributed by atoms with Crippen molar-refractivity contribution in [3.8, 4) is 0 Å². The maximum atomic E-state index is 6.20. The number of hydrogen-bond donors (Lipinski definition) is 0. The maximum Gasteiger partial charge on any atom is 0.0863 e. The van der Waals surface area contributed by atoms with Crippen LogP contribution in [0.4, 0.5) is 11.4 Å². The second kappa shape index (κ2) is 7.17. The highest BCUT2D eigenvalue weighted by Crippen LogP contribution is 2.30. The molecule has 114 valence electrons. The van der Waals surface area contributed by atoms with E-state index in [9.17, 15) is 0 Å². The van der Waals surface area contributed by atoms with Gasteiger partial charge >= 0.3 is 0 Å². The lowest BCUT2D eigenvalue weighted by atomic mass is 10.1. The standard InChI is InChI=1S/C18H18Cl2N2/c19-15-9-8-14(16(20)12-15)13-21-17-6-2-3-7-18(17)22-10-4-1-5-11-22/h2-3,6-9,12-13H,1,4-5,10-11H2. The first-order chi connectivity index (χ1) is 10.7. The Hall–Kier alpha value is -1.51. The van der Waals surface area contributed by atoms with Crippen LogP contribution >= 0.6 is 23.2 Å². The Labute approximate surface area is 141 Å². The van der Waals surface area contributed by atoms with Crippen molar-refractivity contribution in [2.75, 3.05) is 18.0 Å². The summed E-state index contributed by atoms with van der Waals surface area (Å²) in [6.07, 6.45) is 5.63. The van der Waals surface area contributed by atoms with Gasteiger partial charge in [0.15, 0.2) is 0 Å². The van der Waals surface area contributed by atoms with Gasteiger partial charge in [0.1, 0.15) is 0 Å². The fourth-order valence-electron chi connectivity index (χ4n) is 2.72. The average Bonchev–Trinajstić information content (AvgIpc) is 2.55. The van der Waals surface area contributed by atoms with Gasteiger partial charge in [0.25, 0.3) is 0 Å². The van der Waals surface area contributed by atoms with Gasteiger partial charge in [-0.3, -0.25) is 4.99 Å². The van der Waals surface area contributed by atoms with Gasteiger partial charge in [-0.25, -0.2) is 0 Å². The summed E-state index contributed by atoms with van der Waals surface area (Å²) in [5, 5.41) is 1.25. The summed E-state index contributed by atoms with van der Waals surface area (Å²) in [5.74, 6) is 0. The SMILES string of the molecule is Clc1ccc(C=Nc2ccccc2N2CCCCC2)c(Cl)c1. The van der Waals surface area contributed by atoms with Crippen molar-refractivity contribution in [3.63, 3.8) is 0 Å². The van der Waals surface area contributed by atoms with Gasteiger partial charge < -0.3 is 4.90 Å². The summed E-state index contributed by atoms with van der Waals surface area (Å²) in [4.78, 5) is 7.06. The van der Waals surface area contributed by atoms with Crippen molar-refractivity contribution in [1.29, 1.82) is 0 Å². The molecule has 1 aliphatic heterocycles. The predicted octanol–water partition coefficient (Wildman–Crippen LogP) is 5.73. The molecule has 3 rings (SSSR count). The Morgan fingerprint density at radius 2 is 1.73 bits per heavy atom. The highest BCUT2D eigenvalue weighted by atomic mass is 35.5. The van der Waals surface area contributed by atoms with Gasteiger partial charge in [-0.05, 0) is 43.5 Å². The van der Waals surface area contributed by atoms with Crippen molar-refractivity contribution in [2.45, 2.75) is 19.3 Å². The number of halogens is 2. The Balaban J connectivity index is 1.87. The van der Waals surface area contributed by atoms with Gasteiger partial charge in [0.05, 0.1) is 16.4 Å². The molecule has 0 bridgehead atoms. The molecule has 0 amide bonds. The van der Waals surface area contributed by atoms with E-state index in [1.807, 2.05) is 24.3 Å². The maximum absolute atomic E-state index is 6.20. The molecule has 22 heavy (non-hydrogen) atoms. The number of rotatable bonds is 3. The first kappa shape index (κ1) is 15.4. The summed E-state index contributed by atoms with van der Waals surface area (Å²) in [7, 11) is 0. The zero-order chi connectivity index (χ0) is 15.4. The lowest BCUT2D eigenvalue weighted by Crippen LogP contribution is -2.29. The second-order valence-corrected chi connectivity index (χ2v) is 6.30. The number of para-hydroxylation sites is 2. The van der Waals surface area contributed by atoms with Gasteiger partial charge in [-0.2, -0.15) is 0 Å². The third-order valence-corrected chi connectivity index (χ3v) is 4.45. The molecule has 0 spiro atoms. The minimum Gasteiger partial charge on any atom is -0.370 e. The molecule has 1 heterocycles. The fourth-order valence-corrected chi connectivity index (χ4v) is 3.18. The van der Waals surface area contributed by atoms with E-state index in [2.05, 4.69) is 22.0 Å². The molecule has 0 aromatic heterocycles. The first-order valence-electron chi connectivity index (χ1n) is 7.57. The van der Waals surface area contributed by atoms with Crippen LogP contribution in [0.2, 0.25) is 10.0 Å². The predicted molar refractivity (Wildman–Crippen MR) is 96.2 cm³/mol. The van der Waals surface area contributed by atoms with E-state index >= 15 is 0 Å². The van der Waals surface area contributed by atoms with Crippen LogP contribution in [0.5, 0.6) is 0 Å². The molecular formula is C18H18Cl2N2. The quantitative estimate of drug-likeness (QED) is 0.655. The summed E-state index contributed by atoms with van der Waals surface area (Å²) < 4.78 is 0. The second-order valence-electron chi connectivity index (χ2n) is 5.46. The van der Waals surface area contributed by atoms with Crippen molar-refractivity contribution in [1.82, 2.24) is 0 Å². The van der Waals surface area contributed by atoms with Crippen molar-refractivity contribution < 1.29 is 0 Å². The van der Waals surface area contributed by atoms with E-state index in [1.165, 1.54) is 24.9 Å². The average molecular weight is 333 g/mol. The Morgan fingerprint density at radius 1 is 0.955 bits per heavy atom. The van der Waals surface area contributed by atoms with Crippen molar-refractivity contribution in [2.24, 2.45) is 4.99 Å². The monoisotopic (exact) mass is 332 g/mol. The van der Waals surface area contributed by atoms with E-state index < -0.39 is 0 Å². The molecule has 0 radical (unpaired) electrons. The lowest BCUT2D eigenvalue weighted by Gasteiger charge is -2.29. The molecule has 0 atom stereocenters. The van der Waals surface area contributed by atoms with Crippen molar-refractivity contribution >= 4 is 40.8 Å². The normalized spacial score (nSPS) is 15.5. The molecule has 1 aliphatic rings. The molecule has 0 aliphatic carbocycles. The molecule has 0 saturated carbocycles. The number of benzene rings is 2. The summed E-state index contributed by atoms with van der Waals surface area (Å²) in [5.41, 5.74) is 3.05. The van der Waals surface area contributed by atoms with Crippen molar-refractivity contribution in [3.05, 3.63) is 58.1 Å².